The third kappa shape index (κ3) is 3.62. The lowest BCUT2D eigenvalue weighted by Gasteiger charge is -2.15. The first-order chi connectivity index (χ1) is 12.3. The fraction of sp³-hybridized carbons (Fsp3) is 0.136. The molecule has 3 heteroatoms. The van der Waals surface area contributed by atoms with Crippen LogP contribution in [0.2, 0.25) is 0 Å². The third-order valence-electron chi connectivity index (χ3n) is 4.32. The first-order valence-electron chi connectivity index (χ1n) is 8.45. The van der Waals surface area contributed by atoms with Gasteiger partial charge in [-0.25, -0.2) is 0 Å². The second-order valence-electron chi connectivity index (χ2n) is 6.40. The van der Waals surface area contributed by atoms with Crippen molar-refractivity contribution >= 4 is 10.8 Å². The summed E-state index contributed by atoms with van der Waals surface area (Å²) in [5.41, 5.74) is 3.30. The number of hydrogen-bond acceptors (Lipinski definition) is 3. The minimum atomic E-state index is 0.753. The SMILES string of the molecule is CN(Cc1ccc2ccccc2c1)Cc1cc(-c2ccccc2)on1. The summed E-state index contributed by atoms with van der Waals surface area (Å²) in [4.78, 5) is 2.25. The van der Waals surface area contributed by atoms with Crippen molar-refractivity contribution in [3.63, 3.8) is 0 Å². The van der Waals surface area contributed by atoms with E-state index < -0.39 is 0 Å². The molecular formula is C22H20N2O. The van der Waals surface area contributed by atoms with Crippen LogP contribution in [0.3, 0.4) is 0 Å². The number of aromatic nitrogens is 1. The summed E-state index contributed by atoms with van der Waals surface area (Å²) in [6.07, 6.45) is 0. The molecule has 0 aliphatic rings. The molecule has 0 bridgehead atoms. The molecule has 0 N–H and O–H groups in total. The molecule has 0 fully saturated rings. The van der Waals surface area contributed by atoms with Crippen LogP contribution in [0, 0.1) is 0 Å². The maximum atomic E-state index is 5.48. The van der Waals surface area contributed by atoms with Gasteiger partial charge < -0.3 is 4.52 Å². The van der Waals surface area contributed by atoms with Crippen molar-refractivity contribution in [2.24, 2.45) is 0 Å². The van der Waals surface area contributed by atoms with Crippen molar-refractivity contribution in [1.82, 2.24) is 10.1 Å². The van der Waals surface area contributed by atoms with Gasteiger partial charge in [-0.05, 0) is 29.4 Å². The Hall–Kier alpha value is -2.91. The standard InChI is InChI=1S/C22H20N2O/c1-24(15-17-11-12-18-7-5-6-10-20(18)13-17)16-21-14-22(25-23-21)19-8-3-2-4-9-19/h2-14H,15-16H2,1H3. The predicted molar refractivity (Wildman–Crippen MR) is 101 cm³/mol. The predicted octanol–water partition coefficient (Wildman–Crippen LogP) is 5.13. The van der Waals surface area contributed by atoms with Crippen molar-refractivity contribution < 1.29 is 4.52 Å². The van der Waals surface area contributed by atoms with Crippen LogP contribution in [-0.4, -0.2) is 17.1 Å². The largest absolute Gasteiger partial charge is 0.356 e. The molecular weight excluding hydrogens is 308 g/mol. The molecule has 0 saturated carbocycles. The van der Waals surface area contributed by atoms with Crippen molar-refractivity contribution in [3.8, 4) is 11.3 Å². The summed E-state index contributed by atoms with van der Waals surface area (Å²) in [6, 6.07) is 27.2. The first kappa shape index (κ1) is 15.6. The number of benzene rings is 3. The van der Waals surface area contributed by atoms with Crippen LogP contribution in [0.25, 0.3) is 22.1 Å². The second-order valence-corrected chi connectivity index (χ2v) is 6.40. The highest BCUT2D eigenvalue weighted by Crippen LogP contribution is 2.21. The van der Waals surface area contributed by atoms with E-state index in [0.29, 0.717) is 0 Å². The van der Waals surface area contributed by atoms with Crippen LogP contribution in [-0.2, 0) is 13.1 Å². The van der Waals surface area contributed by atoms with E-state index in [1.54, 1.807) is 0 Å². The van der Waals surface area contributed by atoms with Crippen LogP contribution >= 0.6 is 0 Å². The Kier molecular flexibility index (Phi) is 4.32. The van der Waals surface area contributed by atoms with Gasteiger partial charge in [0.25, 0.3) is 0 Å². The quantitative estimate of drug-likeness (QED) is 0.509. The monoisotopic (exact) mass is 328 g/mol. The molecule has 25 heavy (non-hydrogen) atoms. The summed E-state index contributed by atoms with van der Waals surface area (Å²) in [7, 11) is 2.10. The minimum absolute atomic E-state index is 0.753. The topological polar surface area (TPSA) is 29.3 Å². The summed E-state index contributed by atoms with van der Waals surface area (Å²) in [5, 5.41) is 6.76. The second kappa shape index (κ2) is 6.91. The van der Waals surface area contributed by atoms with Crippen LogP contribution in [0.5, 0.6) is 0 Å². The van der Waals surface area contributed by atoms with Gasteiger partial charge in [-0.3, -0.25) is 4.90 Å². The Morgan fingerprint density at radius 1 is 0.800 bits per heavy atom. The molecule has 3 nitrogen and oxygen atoms in total. The molecule has 0 amide bonds. The Morgan fingerprint density at radius 3 is 2.40 bits per heavy atom. The zero-order valence-electron chi connectivity index (χ0n) is 14.2. The van der Waals surface area contributed by atoms with E-state index >= 15 is 0 Å². The molecule has 0 spiro atoms. The lowest BCUT2D eigenvalue weighted by Crippen LogP contribution is -2.17. The Morgan fingerprint density at radius 2 is 1.56 bits per heavy atom. The summed E-state index contributed by atoms with van der Waals surface area (Å²) in [5.74, 6) is 0.815. The van der Waals surface area contributed by atoms with Crippen LogP contribution in [0.15, 0.2) is 83.4 Å². The maximum absolute atomic E-state index is 5.48. The molecule has 0 aliphatic carbocycles. The molecule has 0 saturated heterocycles. The fourth-order valence-corrected chi connectivity index (χ4v) is 3.11. The first-order valence-corrected chi connectivity index (χ1v) is 8.45. The molecule has 0 aliphatic heterocycles. The lowest BCUT2D eigenvalue weighted by molar-refractivity contribution is 0.304. The lowest BCUT2D eigenvalue weighted by atomic mass is 10.1. The van der Waals surface area contributed by atoms with Gasteiger partial charge in [0, 0.05) is 24.7 Å². The molecule has 1 aromatic heterocycles. The van der Waals surface area contributed by atoms with Gasteiger partial charge in [0.1, 0.15) is 0 Å². The van der Waals surface area contributed by atoms with Gasteiger partial charge in [-0.15, -0.1) is 0 Å². The van der Waals surface area contributed by atoms with Gasteiger partial charge in [-0.1, -0.05) is 71.9 Å². The highest BCUT2D eigenvalue weighted by molar-refractivity contribution is 5.82. The fourth-order valence-electron chi connectivity index (χ4n) is 3.11. The van der Waals surface area contributed by atoms with E-state index in [2.05, 4.69) is 59.6 Å². The summed E-state index contributed by atoms with van der Waals surface area (Å²) >= 11 is 0. The Labute approximate surface area is 147 Å². The molecule has 4 aromatic rings. The highest BCUT2D eigenvalue weighted by atomic mass is 16.5. The Balaban J connectivity index is 1.45. The van der Waals surface area contributed by atoms with Crippen LogP contribution in [0.4, 0.5) is 0 Å². The number of nitrogens with zero attached hydrogens (tertiary/aromatic N) is 2. The third-order valence-corrected chi connectivity index (χ3v) is 4.32. The van der Waals surface area contributed by atoms with E-state index in [0.717, 1.165) is 30.1 Å². The highest BCUT2D eigenvalue weighted by Gasteiger charge is 2.09. The summed E-state index contributed by atoms with van der Waals surface area (Å²) < 4.78 is 5.48. The molecule has 3 aromatic carbocycles. The van der Waals surface area contributed by atoms with Gasteiger partial charge in [0.05, 0.1) is 5.69 Å². The normalized spacial score (nSPS) is 11.3. The average Bonchev–Trinajstić information content (AvgIpc) is 3.10. The summed E-state index contributed by atoms with van der Waals surface area (Å²) in [6.45, 7) is 1.63. The zero-order chi connectivity index (χ0) is 17.1. The van der Waals surface area contributed by atoms with Crippen molar-refractivity contribution in [1.29, 1.82) is 0 Å². The van der Waals surface area contributed by atoms with Crippen LogP contribution in [0.1, 0.15) is 11.3 Å². The number of fused-ring (bicyclic) bond motifs is 1. The smallest absolute Gasteiger partial charge is 0.167 e. The molecule has 1 heterocycles. The average molecular weight is 328 g/mol. The van der Waals surface area contributed by atoms with Gasteiger partial charge >= 0.3 is 0 Å². The maximum Gasteiger partial charge on any atom is 0.167 e. The van der Waals surface area contributed by atoms with Gasteiger partial charge in [-0.2, -0.15) is 0 Å². The number of rotatable bonds is 5. The van der Waals surface area contributed by atoms with E-state index in [1.165, 1.54) is 16.3 Å². The van der Waals surface area contributed by atoms with Crippen molar-refractivity contribution in [3.05, 3.63) is 90.1 Å². The molecule has 0 atom stereocenters. The Bertz CT molecular complexity index is 975. The van der Waals surface area contributed by atoms with E-state index in [1.807, 2.05) is 36.4 Å². The molecule has 0 unspecified atom stereocenters. The zero-order valence-corrected chi connectivity index (χ0v) is 14.2. The number of hydrogen-bond donors (Lipinski definition) is 0. The molecule has 4 rings (SSSR count). The van der Waals surface area contributed by atoms with Gasteiger partial charge in [0.15, 0.2) is 5.76 Å². The van der Waals surface area contributed by atoms with E-state index in [4.69, 9.17) is 4.52 Å². The molecule has 124 valence electrons. The van der Waals surface area contributed by atoms with Crippen molar-refractivity contribution in [2.75, 3.05) is 7.05 Å². The minimum Gasteiger partial charge on any atom is -0.356 e. The van der Waals surface area contributed by atoms with Crippen LogP contribution < -0.4 is 0 Å². The molecule has 0 radical (unpaired) electrons. The van der Waals surface area contributed by atoms with E-state index in [-0.39, 0.29) is 0 Å². The van der Waals surface area contributed by atoms with E-state index in [9.17, 15) is 0 Å². The van der Waals surface area contributed by atoms with Gasteiger partial charge in [0.2, 0.25) is 0 Å². The van der Waals surface area contributed by atoms with Crippen molar-refractivity contribution in [2.45, 2.75) is 13.1 Å².